The van der Waals surface area contributed by atoms with Gasteiger partial charge in [0, 0.05) is 47.6 Å². The van der Waals surface area contributed by atoms with Gasteiger partial charge in [0.1, 0.15) is 22.8 Å². The molecule has 8 N–H and O–H groups in total. The molecule has 3 aromatic carbocycles. The van der Waals surface area contributed by atoms with Crippen molar-refractivity contribution in [1.29, 1.82) is 0 Å². The summed E-state index contributed by atoms with van der Waals surface area (Å²) in [6.07, 6.45) is -5.31. The number of carbonyl (C=O) groups is 3. The van der Waals surface area contributed by atoms with Gasteiger partial charge in [0.2, 0.25) is 5.78 Å². The molecule has 50 heavy (non-hydrogen) atoms. The van der Waals surface area contributed by atoms with Crippen LogP contribution in [0.1, 0.15) is 79.2 Å². The number of methoxy groups -OCH3 is 1. The predicted molar refractivity (Wildman–Crippen MR) is 178 cm³/mol. The minimum Gasteiger partial charge on any atom is -0.507 e. The van der Waals surface area contributed by atoms with Crippen LogP contribution in [0, 0.1) is 0 Å². The van der Waals surface area contributed by atoms with Crippen molar-refractivity contribution in [3.05, 3.63) is 85.4 Å². The Morgan fingerprint density at radius 1 is 1.10 bits per heavy atom. The molecule has 6 rings (SSSR count). The van der Waals surface area contributed by atoms with Crippen LogP contribution in [0.15, 0.2) is 41.5 Å². The van der Waals surface area contributed by atoms with Gasteiger partial charge in [0.15, 0.2) is 12.1 Å². The van der Waals surface area contributed by atoms with E-state index in [1.54, 1.807) is 6.92 Å². The molecule has 1 heterocycles. The number of phenolic OH excluding ortho intramolecular Hbond substituents is 2. The molecule has 264 valence electrons. The Hall–Kier alpha value is -4.12. The summed E-state index contributed by atoms with van der Waals surface area (Å²) < 4.78 is 17.4. The number of amides is 1. The van der Waals surface area contributed by atoms with Gasteiger partial charge < -0.3 is 45.5 Å². The van der Waals surface area contributed by atoms with Gasteiger partial charge in [-0.05, 0) is 31.2 Å². The molecule has 16 heteroatoms. The molecule has 0 radical (unpaired) electrons. The number of hydrogen-bond acceptors (Lipinski definition) is 13. The summed E-state index contributed by atoms with van der Waals surface area (Å²) >= 11 is 12.0. The number of ether oxygens (including phenoxy) is 3. The highest BCUT2D eigenvalue weighted by atomic mass is 35.5. The molecule has 2 aliphatic carbocycles. The molecule has 0 bridgehead atoms. The van der Waals surface area contributed by atoms with Crippen molar-refractivity contribution in [2.24, 2.45) is 10.8 Å². The lowest BCUT2D eigenvalue weighted by molar-refractivity contribution is -0.245. The van der Waals surface area contributed by atoms with Crippen LogP contribution in [0.4, 0.5) is 0 Å². The zero-order valence-corrected chi connectivity index (χ0v) is 28.2. The second kappa shape index (κ2) is 13.5. The Balaban J connectivity index is 1.46. The number of carbonyl (C=O) groups excluding carboxylic acids is 3. The topological polar surface area (TPSA) is 230 Å². The molecule has 6 atom stereocenters. The van der Waals surface area contributed by atoms with Gasteiger partial charge in [-0.15, -0.1) is 0 Å². The maximum atomic E-state index is 13.9. The summed E-state index contributed by atoms with van der Waals surface area (Å²) in [5.74, 6) is -3.66. The fourth-order valence-corrected chi connectivity index (χ4v) is 7.02. The van der Waals surface area contributed by atoms with Crippen molar-refractivity contribution in [2.45, 2.75) is 62.4 Å². The van der Waals surface area contributed by atoms with E-state index in [2.05, 4.69) is 10.5 Å². The number of fused-ring (bicyclic) bond motifs is 3. The van der Waals surface area contributed by atoms with Crippen LogP contribution in [0.2, 0.25) is 10.0 Å². The third-order valence-electron chi connectivity index (χ3n) is 9.30. The molecule has 3 aliphatic rings. The fourth-order valence-electron chi connectivity index (χ4n) is 6.72. The molecule has 3 aromatic rings. The molecule has 14 nitrogen and oxygen atoms in total. The van der Waals surface area contributed by atoms with E-state index in [0.29, 0.717) is 0 Å². The number of halogens is 2. The van der Waals surface area contributed by atoms with Gasteiger partial charge in [-0.25, -0.2) is 5.43 Å². The first kappa shape index (κ1) is 35.7. The lowest BCUT2D eigenvalue weighted by atomic mass is 9.71. The van der Waals surface area contributed by atoms with Crippen LogP contribution in [-0.2, 0) is 15.9 Å². The van der Waals surface area contributed by atoms with E-state index in [-0.39, 0.29) is 55.7 Å². The van der Waals surface area contributed by atoms with Crippen molar-refractivity contribution < 1.29 is 54.1 Å². The van der Waals surface area contributed by atoms with E-state index in [1.807, 2.05) is 0 Å². The van der Waals surface area contributed by atoms with Gasteiger partial charge in [-0.3, -0.25) is 14.4 Å². The number of rotatable bonds is 7. The highest BCUT2D eigenvalue weighted by molar-refractivity contribution is 6.42. The van der Waals surface area contributed by atoms with Crippen molar-refractivity contribution in [1.82, 2.24) is 5.43 Å². The number of nitrogens with one attached hydrogen (secondary N) is 1. The molecular weight excluding hydrogens is 697 g/mol. The monoisotopic (exact) mass is 729 g/mol. The largest absolute Gasteiger partial charge is 0.507 e. The van der Waals surface area contributed by atoms with E-state index in [1.165, 1.54) is 43.5 Å². The summed E-state index contributed by atoms with van der Waals surface area (Å²) in [6.45, 7) is 0.684. The Morgan fingerprint density at radius 2 is 1.82 bits per heavy atom. The average Bonchev–Trinajstić information content (AvgIpc) is 3.08. The summed E-state index contributed by atoms with van der Waals surface area (Å²) in [4.78, 5) is 40.7. The Labute approximate surface area is 295 Å². The molecule has 0 unspecified atom stereocenters. The van der Waals surface area contributed by atoms with Crippen molar-refractivity contribution >= 4 is 46.4 Å². The van der Waals surface area contributed by atoms with Gasteiger partial charge >= 0.3 is 0 Å². The first-order valence-corrected chi connectivity index (χ1v) is 16.2. The number of hydrogen-bond donors (Lipinski definition) is 7. The quantitative estimate of drug-likeness (QED) is 0.0827. The number of aliphatic hydroxyl groups is 3. The standard InChI is InChI=1S/C34H33Cl2N3O11/c1-13-28(41)19(37)9-23(49-13)50-21-11-34(47,22(12-40)38-39-33(46)14-6-7-17(35)18(36)8-14)10-16-25(21)32(45)27-26(30(16)43)29(42)15-4-3-5-20(48-2)24(15)31(27)44/h3-8,13,19,21,23,28,40-41,43,45,47H,9-12,37H2,1-2H3,(H,39,46)/b38-22-/t13-,19+,21+,23-,28-,34-/m0/s1. The fraction of sp³-hybridized carbons (Fsp3) is 0.353. The Morgan fingerprint density at radius 3 is 2.48 bits per heavy atom. The van der Waals surface area contributed by atoms with Crippen molar-refractivity contribution in [3.63, 3.8) is 0 Å². The second-order valence-electron chi connectivity index (χ2n) is 12.4. The summed E-state index contributed by atoms with van der Waals surface area (Å²) in [7, 11) is 1.32. The number of phenols is 2. The van der Waals surface area contributed by atoms with Crippen molar-refractivity contribution in [3.8, 4) is 17.2 Å². The normalized spacial score (nSPS) is 26.2. The SMILES string of the molecule is COc1cccc2c1C(=O)c1c(O)c3c(c(O)c1C2=O)C[C@@](O)(/C(CO)=N\NC(=O)c1ccc(Cl)c(Cl)c1)C[C@H]3O[C@H]1C[C@@H](N)[C@@H](O)[C@H](C)O1. The molecule has 0 saturated carbocycles. The molecule has 1 aliphatic heterocycles. The van der Waals surface area contributed by atoms with E-state index in [9.17, 15) is 39.9 Å². The first-order chi connectivity index (χ1) is 23.7. The number of aromatic hydroxyl groups is 2. The van der Waals surface area contributed by atoms with E-state index in [0.717, 1.165) is 0 Å². The highest BCUT2D eigenvalue weighted by Gasteiger charge is 2.49. The molecule has 0 spiro atoms. The number of nitrogens with two attached hydrogens (primary N) is 1. The maximum absolute atomic E-state index is 13.9. The molecule has 1 saturated heterocycles. The third kappa shape index (κ3) is 6.01. The summed E-state index contributed by atoms with van der Waals surface area (Å²) in [5, 5.41) is 60.7. The lowest BCUT2D eigenvalue weighted by Gasteiger charge is -2.43. The number of nitrogens with zero attached hydrogens (tertiary/aromatic N) is 1. The summed E-state index contributed by atoms with van der Waals surface area (Å²) in [6, 6.07) is 7.66. The van der Waals surface area contributed by atoms with Crippen LogP contribution in [0.5, 0.6) is 17.2 Å². The predicted octanol–water partition coefficient (Wildman–Crippen LogP) is 2.52. The van der Waals surface area contributed by atoms with Crippen LogP contribution in [0.3, 0.4) is 0 Å². The highest BCUT2D eigenvalue weighted by Crippen LogP contribution is 2.52. The minimum atomic E-state index is -2.18. The molecule has 1 fully saturated rings. The van der Waals surface area contributed by atoms with Gasteiger partial charge in [-0.1, -0.05) is 35.3 Å². The zero-order chi connectivity index (χ0) is 36.2. The van der Waals surface area contributed by atoms with Crippen LogP contribution < -0.4 is 15.9 Å². The molecular formula is C34H33Cl2N3O11. The van der Waals surface area contributed by atoms with Crippen LogP contribution in [0.25, 0.3) is 0 Å². The number of aliphatic hydroxyl groups excluding tert-OH is 2. The summed E-state index contributed by atoms with van der Waals surface area (Å²) in [5.41, 5.74) is 4.41. The van der Waals surface area contributed by atoms with E-state index in [4.69, 9.17) is 43.1 Å². The molecule has 0 aromatic heterocycles. The third-order valence-corrected chi connectivity index (χ3v) is 10.0. The average molecular weight is 731 g/mol. The van der Waals surface area contributed by atoms with Crippen molar-refractivity contribution in [2.75, 3.05) is 13.7 Å². The first-order valence-electron chi connectivity index (χ1n) is 15.5. The molecule has 1 amide bonds. The van der Waals surface area contributed by atoms with Crippen LogP contribution in [-0.4, -0.2) is 92.6 Å². The van der Waals surface area contributed by atoms with Gasteiger partial charge in [-0.2, -0.15) is 5.10 Å². The van der Waals surface area contributed by atoms with E-state index >= 15 is 0 Å². The van der Waals surface area contributed by atoms with E-state index < -0.39 is 95.8 Å². The smallest absolute Gasteiger partial charge is 0.271 e. The zero-order valence-electron chi connectivity index (χ0n) is 26.6. The number of ketones is 2. The Bertz CT molecular complexity index is 1940. The second-order valence-corrected chi connectivity index (χ2v) is 13.2. The van der Waals surface area contributed by atoms with Gasteiger partial charge in [0.25, 0.3) is 5.91 Å². The maximum Gasteiger partial charge on any atom is 0.271 e. The van der Waals surface area contributed by atoms with Crippen LogP contribution >= 0.6 is 23.2 Å². The minimum absolute atomic E-state index is 0.0178. The number of benzene rings is 3. The van der Waals surface area contributed by atoms with Gasteiger partial charge in [0.05, 0.1) is 64.5 Å². The Kier molecular flexibility index (Phi) is 9.67. The lowest BCUT2D eigenvalue weighted by Crippen LogP contribution is -2.53. The number of hydrazone groups is 1.